The molecule has 0 radical (unpaired) electrons. The minimum absolute atomic E-state index is 0.0969. The zero-order valence-electron chi connectivity index (χ0n) is 18.6. The standard InChI is InChI=1S/C24H25F2N5O3/c1-33-30-24(32)21-15-28-23(13-22(21)27-14-16-10-17(25)12-18(26)11-16)29-19-2-4-20(5-3-19)31-6-8-34-9-7-31/h2-5,10-13,15H,6-9,14H2,1H3,(H,30,32)(H2,27,28,29). The Morgan fingerprint density at radius 3 is 2.47 bits per heavy atom. The van der Waals surface area contributed by atoms with E-state index >= 15 is 0 Å². The van der Waals surface area contributed by atoms with E-state index in [0.29, 0.717) is 30.3 Å². The van der Waals surface area contributed by atoms with Gasteiger partial charge in [0.15, 0.2) is 0 Å². The van der Waals surface area contributed by atoms with Gasteiger partial charge in [-0.05, 0) is 42.0 Å². The molecule has 1 aromatic heterocycles. The number of hydroxylamine groups is 1. The Balaban J connectivity index is 1.51. The van der Waals surface area contributed by atoms with E-state index in [1.165, 1.54) is 25.4 Å². The number of carbonyl (C=O) groups is 1. The lowest BCUT2D eigenvalue weighted by Crippen LogP contribution is -2.36. The molecule has 8 nitrogen and oxygen atoms in total. The van der Waals surface area contributed by atoms with Crippen LogP contribution in [0.2, 0.25) is 0 Å². The van der Waals surface area contributed by atoms with Crippen LogP contribution in [0.25, 0.3) is 0 Å². The first-order valence-electron chi connectivity index (χ1n) is 10.7. The quantitative estimate of drug-likeness (QED) is 0.432. The second kappa shape index (κ2) is 10.9. The summed E-state index contributed by atoms with van der Waals surface area (Å²) in [5.74, 6) is -1.37. The molecule has 4 rings (SSSR count). The molecule has 0 saturated carbocycles. The van der Waals surface area contributed by atoms with Crippen LogP contribution in [0.15, 0.2) is 54.7 Å². The number of nitrogens with zero attached hydrogens (tertiary/aromatic N) is 2. The van der Waals surface area contributed by atoms with Gasteiger partial charge in [0.2, 0.25) is 0 Å². The molecule has 3 N–H and O–H groups in total. The van der Waals surface area contributed by atoms with Crippen molar-refractivity contribution in [2.45, 2.75) is 6.54 Å². The van der Waals surface area contributed by atoms with E-state index in [0.717, 1.165) is 30.5 Å². The summed E-state index contributed by atoms with van der Waals surface area (Å²) in [5, 5.41) is 6.27. The van der Waals surface area contributed by atoms with Gasteiger partial charge in [0.25, 0.3) is 5.91 Å². The van der Waals surface area contributed by atoms with E-state index in [9.17, 15) is 13.6 Å². The SMILES string of the molecule is CONC(=O)c1cnc(Nc2ccc(N3CCOCC3)cc2)cc1NCc1cc(F)cc(F)c1. The molecule has 0 aliphatic carbocycles. The molecule has 2 heterocycles. The number of anilines is 4. The van der Waals surface area contributed by atoms with E-state index in [1.807, 2.05) is 24.3 Å². The number of nitrogens with one attached hydrogen (secondary N) is 3. The van der Waals surface area contributed by atoms with Crippen molar-refractivity contribution < 1.29 is 23.1 Å². The normalized spacial score (nSPS) is 13.4. The maximum absolute atomic E-state index is 13.5. The summed E-state index contributed by atoms with van der Waals surface area (Å²) in [7, 11) is 1.32. The van der Waals surface area contributed by atoms with E-state index in [1.54, 1.807) is 6.07 Å². The Kier molecular flexibility index (Phi) is 7.51. The maximum Gasteiger partial charge on any atom is 0.278 e. The maximum atomic E-state index is 13.5. The van der Waals surface area contributed by atoms with Gasteiger partial charge in [-0.15, -0.1) is 0 Å². The molecule has 1 fully saturated rings. The first-order valence-corrected chi connectivity index (χ1v) is 10.7. The van der Waals surface area contributed by atoms with Gasteiger partial charge in [-0.3, -0.25) is 9.63 Å². The highest BCUT2D eigenvalue weighted by molar-refractivity contribution is 5.99. The number of hydrogen-bond donors (Lipinski definition) is 3. The lowest BCUT2D eigenvalue weighted by molar-refractivity contribution is 0.0538. The van der Waals surface area contributed by atoms with Crippen LogP contribution in [0.4, 0.5) is 31.7 Å². The lowest BCUT2D eigenvalue weighted by atomic mass is 10.1. The van der Waals surface area contributed by atoms with Gasteiger partial charge < -0.3 is 20.3 Å². The summed E-state index contributed by atoms with van der Waals surface area (Å²) in [6.45, 7) is 3.22. The largest absolute Gasteiger partial charge is 0.380 e. The fourth-order valence-corrected chi connectivity index (χ4v) is 3.63. The third-order valence-corrected chi connectivity index (χ3v) is 5.26. The number of halogens is 2. The molecule has 0 spiro atoms. The number of pyridine rings is 1. The number of carbonyl (C=O) groups excluding carboxylic acids is 1. The zero-order chi connectivity index (χ0) is 23.9. The number of ether oxygens (including phenoxy) is 1. The molecule has 0 bridgehead atoms. The van der Waals surface area contributed by atoms with Gasteiger partial charge >= 0.3 is 0 Å². The fourth-order valence-electron chi connectivity index (χ4n) is 3.63. The summed E-state index contributed by atoms with van der Waals surface area (Å²) in [6, 6.07) is 12.8. The molecule has 10 heteroatoms. The first kappa shape index (κ1) is 23.4. The Morgan fingerprint density at radius 2 is 1.79 bits per heavy atom. The Morgan fingerprint density at radius 1 is 1.09 bits per heavy atom. The van der Waals surface area contributed by atoms with Crippen LogP contribution in [0.5, 0.6) is 0 Å². The van der Waals surface area contributed by atoms with E-state index in [-0.39, 0.29) is 12.1 Å². The van der Waals surface area contributed by atoms with Crippen molar-refractivity contribution in [3.05, 3.63) is 77.5 Å². The molecular weight excluding hydrogens is 444 g/mol. The summed E-state index contributed by atoms with van der Waals surface area (Å²) in [4.78, 5) is 23.7. The minimum atomic E-state index is -0.674. The average molecular weight is 469 g/mol. The molecule has 178 valence electrons. The second-order valence-corrected chi connectivity index (χ2v) is 7.65. The minimum Gasteiger partial charge on any atom is -0.380 e. The summed E-state index contributed by atoms with van der Waals surface area (Å²) in [5.41, 5.74) is 5.20. The van der Waals surface area contributed by atoms with Gasteiger partial charge in [0, 0.05) is 49.3 Å². The van der Waals surface area contributed by atoms with Crippen LogP contribution < -0.4 is 21.0 Å². The van der Waals surface area contributed by atoms with Gasteiger partial charge in [0.05, 0.1) is 31.6 Å². The lowest BCUT2D eigenvalue weighted by Gasteiger charge is -2.28. The molecule has 0 unspecified atom stereocenters. The summed E-state index contributed by atoms with van der Waals surface area (Å²) >= 11 is 0. The summed E-state index contributed by atoms with van der Waals surface area (Å²) in [6.07, 6.45) is 1.40. The Hall–Kier alpha value is -3.76. The number of morpholine rings is 1. The number of rotatable bonds is 8. The van der Waals surface area contributed by atoms with Gasteiger partial charge in [-0.1, -0.05) is 0 Å². The van der Waals surface area contributed by atoms with Gasteiger partial charge in [0.1, 0.15) is 17.5 Å². The van der Waals surface area contributed by atoms with E-state index in [2.05, 4.69) is 26.0 Å². The highest BCUT2D eigenvalue weighted by atomic mass is 19.1. The molecule has 1 aliphatic heterocycles. The predicted molar refractivity (Wildman–Crippen MR) is 125 cm³/mol. The smallest absolute Gasteiger partial charge is 0.278 e. The van der Waals surface area contributed by atoms with E-state index in [4.69, 9.17) is 9.57 Å². The van der Waals surface area contributed by atoms with Crippen molar-refractivity contribution >= 4 is 28.8 Å². The fraction of sp³-hybridized carbons (Fsp3) is 0.250. The van der Waals surface area contributed by atoms with Crippen LogP contribution in [-0.2, 0) is 16.1 Å². The molecule has 2 aromatic carbocycles. The third kappa shape index (κ3) is 5.97. The highest BCUT2D eigenvalue weighted by Crippen LogP contribution is 2.25. The predicted octanol–water partition coefficient (Wildman–Crippen LogP) is 3.84. The molecular formula is C24H25F2N5O3. The van der Waals surface area contributed by atoms with Gasteiger partial charge in [-0.2, -0.15) is 0 Å². The number of benzene rings is 2. The Bertz CT molecular complexity index is 1120. The number of hydrogen-bond acceptors (Lipinski definition) is 7. The molecule has 34 heavy (non-hydrogen) atoms. The van der Waals surface area contributed by atoms with Crippen LogP contribution in [0.1, 0.15) is 15.9 Å². The van der Waals surface area contributed by atoms with Crippen molar-refractivity contribution in [1.82, 2.24) is 10.5 Å². The van der Waals surface area contributed by atoms with Gasteiger partial charge in [-0.25, -0.2) is 19.2 Å². The molecule has 0 atom stereocenters. The van der Waals surface area contributed by atoms with Crippen molar-refractivity contribution in [3.63, 3.8) is 0 Å². The van der Waals surface area contributed by atoms with Crippen molar-refractivity contribution in [2.24, 2.45) is 0 Å². The molecule has 1 aliphatic rings. The zero-order valence-corrected chi connectivity index (χ0v) is 18.6. The van der Waals surface area contributed by atoms with E-state index < -0.39 is 17.5 Å². The molecule has 1 saturated heterocycles. The highest BCUT2D eigenvalue weighted by Gasteiger charge is 2.15. The van der Waals surface area contributed by atoms with Crippen molar-refractivity contribution in [1.29, 1.82) is 0 Å². The van der Waals surface area contributed by atoms with Crippen molar-refractivity contribution in [2.75, 3.05) is 48.9 Å². The average Bonchev–Trinajstić information content (AvgIpc) is 2.83. The summed E-state index contributed by atoms with van der Waals surface area (Å²) < 4.78 is 32.5. The molecule has 1 amide bonds. The third-order valence-electron chi connectivity index (χ3n) is 5.26. The van der Waals surface area contributed by atoms with Crippen LogP contribution in [0, 0.1) is 11.6 Å². The van der Waals surface area contributed by atoms with Crippen molar-refractivity contribution in [3.8, 4) is 0 Å². The van der Waals surface area contributed by atoms with Crippen LogP contribution >= 0.6 is 0 Å². The molecule has 3 aromatic rings. The number of amides is 1. The topological polar surface area (TPSA) is 87.8 Å². The first-order chi connectivity index (χ1) is 16.5. The van der Waals surface area contributed by atoms with Crippen LogP contribution in [-0.4, -0.2) is 44.3 Å². The monoisotopic (exact) mass is 469 g/mol. The Labute approximate surface area is 195 Å². The number of aromatic nitrogens is 1. The second-order valence-electron chi connectivity index (χ2n) is 7.65. The van der Waals surface area contributed by atoms with Crippen LogP contribution in [0.3, 0.4) is 0 Å².